The maximum atomic E-state index is 9.76. The van der Waals surface area contributed by atoms with E-state index < -0.39 is 0 Å². The molecule has 1 fully saturated rings. The Morgan fingerprint density at radius 2 is 1.95 bits per heavy atom. The van der Waals surface area contributed by atoms with E-state index in [1.165, 1.54) is 11.3 Å². The number of nitrogens with one attached hydrogen (secondary N) is 1. The summed E-state index contributed by atoms with van der Waals surface area (Å²) < 4.78 is 5.42. The Morgan fingerprint density at radius 3 is 2.57 bits per heavy atom. The van der Waals surface area contributed by atoms with E-state index in [2.05, 4.69) is 55.5 Å². The van der Waals surface area contributed by atoms with Crippen LogP contribution in [0.4, 0.5) is 5.69 Å². The van der Waals surface area contributed by atoms with Crippen molar-refractivity contribution in [2.24, 2.45) is 5.41 Å². The maximum absolute atomic E-state index is 9.76. The first-order valence-electron chi connectivity index (χ1n) is 7.76. The molecule has 21 heavy (non-hydrogen) atoms. The summed E-state index contributed by atoms with van der Waals surface area (Å²) in [6.45, 7) is 4.75. The summed E-state index contributed by atoms with van der Waals surface area (Å²) in [4.78, 5) is 2.14. The summed E-state index contributed by atoms with van der Waals surface area (Å²) in [6, 6.07) is 8.72. The van der Waals surface area contributed by atoms with Crippen LogP contribution in [-0.2, 0) is 4.74 Å². The summed E-state index contributed by atoms with van der Waals surface area (Å²) in [5.41, 5.74) is 2.50. The Hall–Kier alpha value is -1.10. The van der Waals surface area contributed by atoms with E-state index in [9.17, 15) is 5.11 Å². The second-order valence-corrected chi connectivity index (χ2v) is 6.33. The highest BCUT2D eigenvalue weighted by Crippen LogP contribution is 2.31. The minimum Gasteiger partial charge on any atom is -0.396 e. The number of hydrogen-bond donors (Lipinski definition) is 2. The predicted octanol–water partition coefficient (Wildman–Crippen LogP) is 2.19. The van der Waals surface area contributed by atoms with Gasteiger partial charge in [0.15, 0.2) is 0 Å². The van der Waals surface area contributed by atoms with Crippen molar-refractivity contribution in [3.05, 3.63) is 29.8 Å². The lowest BCUT2D eigenvalue weighted by Crippen LogP contribution is -2.42. The molecule has 1 unspecified atom stereocenters. The van der Waals surface area contributed by atoms with Crippen LogP contribution in [0.1, 0.15) is 31.4 Å². The molecular formula is C17H28N2O2. The van der Waals surface area contributed by atoms with Gasteiger partial charge in [-0.05, 0) is 31.4 Å². The van der Waals surface area contributed by atoms with Gasteiger partial charge in [-0.25, -0.2) is 0 Å². The maximum Gasteiger partial charge on any atom is 0.0501 e. The largest absolute Gasteiger partial charge is 0.396 e. The van der Waals surface area contributed by atoms with Crippen molar-refractivity contribution in [3.8, 4) is 0 Å². The van der Waals surface area contributed by atoms with Crippen LogP contribution in [-0.4, -0.2) is 45.6 Å². The third-order valence-electron chi connectivity index (χ3n) is 4.56. The fraction of sp³-hybridized carbons (Fsp3) is 0.647. The number of hydrogen-bond acceptors (Lipinski definition) is 4. The van der Waals surface area contributed by atoms with Crippen molar-refractivity contribution in [2.45, 2.75) is 25.8 Å². The number of anilines is 1. The molecule has 0 bridgehead atoms. The molecule has 4 heteroatoms. The van der Waals surface area contributed by atoms with Gasteiger partial charge in [-0.1, -0.05) is 18.2 Å². The third kappa shape index (κ3) is 3.96. The zero-order valence-electron chi connectivity index (χ0n) is 13.4. The quantitative estimate of drug-likeness (QED) is 0.843. The molecule has 1 aliphatic heterocycles. The second-order valence-electron chi connectivity index (χ2n) is 6.33. The van der Waals surface area contributed by atoms with Crippen LogP contribution < -0.4 is 10.2 Å². The minimum atomic E-state index is -0.0282. The van der Waals surface area contributed by atoms with Gasteiger partial charge in [0.1, 0.15) is 0 Å². The Balaban J connectivity index is 2.02. The van der Waals surface area contributed by atoms with Gasteiger partial charge in [0, 0.05) is 51.0 Å². The molecule has 1 saturated heterocycles. The average molecular weight is 292 g/mol. The third-order valence-corrected chi connectivity index (χ3v) is 4.56. The summed E-state index contributed by atoms with van der Waals surface area (Å²) in [6.07, 6.45) is 1.86. The molecule has 0 spiro atoms. The smallest absolute Gasteiger partial charge is 0.0501 e. The summed E-state index contributed by atoms with van der Waals surface area (Å²) in [5.74, 6) is 0. The predicted molar refractivity (Wildman–Crippen MR) is 86.8 cm³/mol. The van der Waals surface area contributed by atoms with Crippen molar-refractivity contribution in [2.75, 3.05) is 45.4 Å². The lowest BCUT2D eigenvalue weighted by Gasteiger charge is -2.37. The average Bonchev–Trinajstić information content (AvgIpc) is 2.53. The zero-order valence-corrected chi connectivity index (χ0v) is 13.4. The van der Waals surface area contributed by atoms with Crippen molar-refractivity contribution in [1.82, 2.24) is 5.32 Å². The van der Waals surface area contributed by atoms with Crippen LogP contribution in [0.3, 0.4) is 0 Å². The Morgan fingerprint density at radius 1 is 1.29 bits per heavy atom. The van der Waals surface area contributed by atoms with Gasteiger partial charge >= 0.3 is 0 Å². The second kappa shape index (κ2) is 7.25. The van der Waals surface area contributed by atoms with Crippen LogP contribution >= 0.6 is 0 Å². The zero-order chi connectivity index (χ0) is 15.3. The van der Waals surface area contributed by atoms with E-state index >= 15 is 0 Å². The highest BCUT2D eigenvalue weighted by atomic mass is 16.5. The number of benzene rings is 1. The van der Waals surface area contributed by atoms with Crippen molar-refractivity contribution >= 4 is 5.69 Å². The molecule has 1 aromatic carbocycles. The molecule has 1 aromatic rings. The van der Waals surface area contributed by atoms with Crippen molar-refractivity contribution in [3.63, 3.8) is 0 Å². The van der Waals surface area contributed by atoms with E-state index in [-0.39, 0.29) is 18.1 Å². The van der Waals surface area contributed by atoms with Crippen LogP contribution in [0.2, 0.25) is 0 Å². The number of aliphatic hydroxyl groups excluding tert-OH is 1. The normalized spacial score (nSPS) is 19.2. The minimum absolute atomic E-state index is 0.0282. The van der Waals surface area contributed by atoms with Crippen molar-refractivity contribution < 1.29 is 9.84 Å². The number of aliphatic hydroxyl groups is 1. The van der Waals surface area contributed by atoms with Gasteiger partial charge in [-0.2, -0.15) is 0 Å². The fourth-order valence-electron chi connectivity index (χ4n) is 2.94. The topological polar surface area (TPSA) is 44.7 Å². The first-order valence-corrected chi connectivity index (χ1v) is 7.76. The van der Waals surface area contributed by atoms with Gasteiger partial charge in [-0.15, -0.1) is 0 Å². The summed E-state index contributed by atoms with van der Waals surface area (Å²) in [7, 11) is 4.14. The van der Waals surface area contributed by atoms with E-state index in [1.807, 2.05) is 0 Å². The van der Waals surface area contributed by atoms with Gasteiger partial charge in [0.25, 0.3) is 0 Å². The monoisotopic (exact) mass is 292 g/mol. The molecule has 0 saturated carbocycles. The Labute approximate surface area is 128 Å². The highest BCUT2D eigenvalue weighted by Gasteiger charge is 2.32. The molecule has 1 aliphatic rings. The molecule has 0 amide bonds. The summed E-state index contributed by atoms with van der Waals surface area (Å²) in [5, 5.41) is 13.4. The summed E-state index contributed by atoms with van der Waals surface area (Å²) >= 11 is 0. The highest BCUT2D eigenvalue weighted by molar-refractivity contribution is 5.53. The number of rotatable bonds is 6. The molecule has 0 radical (unpaired) electrons. The first-order chi connectivity index (χ1) is 10.1. The number of para-hydroxylation sites is 1. The van der Waals surface area contributed by atoms with Gasteiger partial charge in [-0.3, -0.25) is 0 Å². The lowest BCUT2D eigenvalue weighted by atomic mass is 9.80. The molecular weight excluding hydrogens is 264 g/mol. The van der Waals surface area contributed by atoms with E-state index in [0.29, 0.717) is 0 Å². The van der Waals surface area contributed by atoms with E-state index in [4.69, 9.17) is 4.74 Å². The Kier molecular flexibility index (Phi) is 5.62. The number of ether oxygens (including phenoxy) is 1. The lowest BCUT2D eigenvalue weighted by molar-refractivity contribution is -0.0163. The van der Waals surface area contributed by atoms with E-state index in [0.717, 1.165) is 32.6 Å². The molecule has 0 aromatic heterocycles. The Bertz CT molecular complexity index is 442. The van der Waals surface area contributed by atoms with Crippen LogP contribution in [0.5, 0.6) is 0 Å². The van der Waals surface area contributed by atoms with Gasteiger partial charge < -0.3 is 20.1 Å². The van der Waals surface area contributed by atoms with Crippen molar-refractivity contribution in [1.29, 1.82) is 0 Å². The molecule has 118 valence electrons. The van der Waals surface area contributed by atoms with E-state index in [1.54, 1.807) is 0 Å². The van der Waals surface area contributed by atoms with Crippen LogP contribution in [0.15, 0.2) is 24.3 Å². The molecule has 1 heterocycles. The fourth-order valence-corrected chi connectivity index (χ4v) is 2.94. The SMILES string of the molecule is CC(NCC1(CO)CCOCC1)c1ccccc1N(C)C. The van der Waals surface area contributed by atoms with Crippen LogP contribution in [0.25, 0.3) is 0 Å². The number of nitrogens with zero attached hydrogens (tertiary/aromatic N) is 1. The first kappa shape index (κ1) is 16.3. The molecule has 2 N–H and O–H groups in total. The molecule has 4 nitrogen and oxygen atoms in total. The molecule has 1 atom stereocenters. The molecule has 0 aliphatic carbocycles. The van der Waals surface area contributed by atoms with Crippen LogP contribution in [0, 0.1) is 5.41 Å². The molecule has 2 rings (SSSR count). The van der Waals surface area contributed by atoms with Gasteiger partial charge in [0.2, 0.25) is 0 Å². The standard InChI is InChI=1S/C17H28N2O2/c1-14(15-6-4-5-7-16(15)19(2)3)18-12-17(13-20)8-10-21-11-9-17/h4-7,14,18,20H,8-13H2,1-3H3. The van der Waals surface area contributed by atoms with Gasteiger partial charge in [0.05, 0.1) is 6.61 Å².